The predicted molar refractivity (Wildman–Crippen MR) is 105 cm³/mol. The second kappa shape index (κ2) is 8.47. The van der Waals surface area contributed by atoms with Gasteiger partial charge in [0.15, 0.2) is 0 Å². The van der Waals surface area contributed by atoms with Crippen LogP contribution in [0, 0.1) is 0 Å². The Morgan fingerprint density at radius 3 is 2.36 bits per heavy atom. The van der Waals surface area contributed by atoms with Gasteiger partial charge in [0.05, 0.1) is 17.4 Å². The molecular formula is C21H27N3O. The maximum atomic E-state index is 12.1. The first-order valence-corrected chi connectivity index (χ1v) is 8.68. The van der Waals surface area contributed by atoms with Crippen LogP contribution in [0.1, 0.15) is 61.0 Å². The molecule has 1 aromatic heterocycles. The molecule has 0 aliphatic rings. The van der Waals surface area contributed by atoms with Gasteiger partial charge in [0.25, 0.3) is 5.91 Å². The smallest absolute Gasteiger partial charge is 0.253 e. The number of nitrogens with zero attached hydrogens (tertiary/aromatic N) is 1. The second-order valence-corrected chi connectivity index (χ2v) is 6.71. The van der Waals surface area contributed by atoms with E-state index in [2.05, 4.69) is 68.1 Å². The van der Waals surface area contributed by atoms with E-state index in [0.29, 0.717) is 23.9 Å². The Kier molecular flexibility index (Phi) is 6.34. The number of aromatic nitrogens is 1. The number of amides is 1. The van der Waals surface area contributed by atoms with E-state index in [0.717, 1.165) is 11.4 Å². The molecule has 2 aromatic rings. The number of carbonyl (C=O) groups is 1. The van der Waals surface area contributed by atoms with Crippen LogP contribution in [-0.2, 0) is 0 Å². The fourth-order valence-electron chi connectivity index (χ4n) is 2.74. The standard InChI is InChI=1S/C21H27N3O/c1-6-10-23-21(25)16-11-17(13-22-12-16)24-20-18(14(2)3)8-7-9-19(20)15(4)5/h6-9,11-15,24H,1,10H2,2-5H3,(H,23,25). The molecule has 4 heteroatoms. The van der Waals surface area contributed by atoms with E-state index in [-0.39, 0.29) is 5.91 Å². The van der Waals surface area contributed by atoms with Crippen molar-refractivity contribution in [1.82, 2.24) is 10.3 Å². The zero-order chi connectivity index (χ0) is 18.4. The van der Waals surface area contributed by atoms with Gasteiger partial charge in [0.2, 0.25) is 0 Å². The van der Waals surface area contributed by atoms with Crippen molar-refractivity contribution in [2.24, 2.45) is 0 Å². The molecule has 4 nitrogen and oxygen atoms in total. The minimum Gasteiger partial charge on any atom is -0.354 e. The molecule has 0 saturated carbocycles. The first-order valence-electron chi connectivity index (χ1n) is 8.68. The van der Waals surface area contributed by atoms with E-state index in [1.54, 1.807) is 18.5 Å². The van der Waals surface area contributed by atoms with Crippen LogP contribution in [0.15, 0.2) is 49.3 Å². The Morgan fingerprint density at radius 1 is 1.16 bits per heavy atom. The molecule has 1 aromatic carbocycles. The fraction of sp³-hybridized carbons (Fsp3) is 0.333. The maximum Gasteiger partial charge on any atom is 0.253 e. The Bertz CT molecular complexity index is 724. The third-order valence-corrected chi connectivity index (χ3v) is 4.05. The van der Waals surface area contributed by atoms with Crippen LogP contribution in [0.25, 0.3) is 0 Å². The SMILES string of the molecule is C=CCNC(=O)c1cncc(Nc2c(C(C)C)cccc2C(C)C)c1. The Labute approximate surface area is 150 Å². The molecule has 0 spiro atoms. The van der Waals surface area contributed by atoms with Crippen molar-refractivity contribution in [3.8, 4) is 0 Å². The summed E-state index contributed by atoms with van der Waals surface area (Å²) in [6.07, 6.45) is 4.97. The minimum atomic E-state index is -0.155. The molecule has 0 saturated heterocycles. The van der Waals surface area contributed by atoms with E-state index in [4.69, 9.17) is 0 Å². The number of nitrogens with one attached hydrogen (secondary N) is 2. The van der Waals surface area contributed by atoms with Gasteiger partial charge in [-0.25, -0.2) is 0 Å². The van der Waals surface area contributed by atoms with Crippen molar-refractivity contribution < 1.29 is 4.79 Å². The summed E-state index contributed by atoms with van der Waals surface area (Å²) in [6.45, 7) is 12.8. The molecule has 1 amide bonds. The Morgan fingerprint density at radius 2 is 1.80 bits per heavy atom. The molecule has 0 radical (unpaired) electrons. The van der Waals surface area contributed by atoms with Crippen molar-refractivity contribution in [1.29, 1.82) is 0 Å². The largest absolute Gasteiger partial charge is 0.354 e. The van der Waals surface area contributed by atoms with E-state index in [1.807, 2.05) is 6.07 Å². The molecule has 2 N–H and O–H groups in total. The van der Waals surface area contributed by atoms with Gasteiger partial charge >= 0.3 is 0 Å². The first-order chi connectivity index (χ1) is 11.9. The van der Waals surface area contributed by atoms with E-state index < -0.39 is 0 Å². The molecule has 0 aliphatic heterocycles. The number of rotatable bonds is 7. The third-order valence-electron chi connectivity index (χ3n) is 4.05. The highest BCUT2D eigenvalue weighted by atomic mass is 16.1. The molecular weight excluding hydrogens is 310 g/mol. The van der Waals surface area contributed by atoms with Gasteiger partial charge in [-0.3, -0.25) is 9.78 Å². The van der Waals surface area contributed by atoms with E-state index in [9.17, 15) is 4.79 Å². The summed E-state index contributed by atoms with van der Waals surface area (Å²) in [5, 5.41) is 6.27. The number of carbonyl (C=O) groups excluding carboxylic acids is 1. The van der Waals surface area contributed by atoms with Gasteiger partial charge in [-0.2, -0.15) is 0 Å². The Balaban J connectivity index is 2.36. The zero-order valence-electron chi connectivity index (χ0n) is 15.5. The summed E-state index contributed by atoms with van der Waals surface area (Å²) < 4.78 is 0. The highest BCUT2D eigenvalue weighted by molar-refractivity contribution is 5.95. The minimum absolute atomic E-state index is 0.155. The topological polar surface area (TPSA) is 54.0 Å². The van der Waals surface area contributed by atoms with Gasteiger partial charge in [-0.05, 0) is 29.0 Å². The van der Waals surface area contributed by atoms with Gasteiger partial charge in [0.1, 0.15) is 0 Å². The first kappa shape index (κ1) is 18.7. The van der Waals surface area contributed by atoms with Crippen LogP contribution in [-0.4, -0.2) is 17.4 Å². The molecule has 0 atom stereocenters. The summed E-state index contributed by atoms with van der Waals surface area (Å²) in [5.74, 6) is 0.638. The summed E-state index contributed by atoms with van der Waals surface area (Å²) in [7, 11) is 0. The van der Waals surface area contributed by atoms with Crippen molar-refractivity contribution in [2.45, 2.75) is 39.5 Å². The second-order valence-electron chi connectivity index (χ2n) is 6.71. The molecule has 0 aliphatic carbocycles. The van der Waals surface area contributed by atoms with E-state index >= 15 is 0 Å². The summed E-state index contributed by atoms with van der Waals surface area (Å²) in [5.41, 5.74) is 4.96. The number of anilines is 2. The van der Waals surface area contributed by atoms with Crippen molar-refractivity contribution in [3.05, 3.63) is 66.0 Å². The molecule has 0 unspecified atom stereocenters. The van der Waals surface area contributed by atoms with Gasteiger partial charge in [-0.1, -0.05) is 52.0 Å². The average Bonchev–Trinajstić information content (AvgIpc) is 2.59. The van der Waals surface area contributed by atoms with Gasteiger partial charge < -0.3 is 10.6 Å². The lowest BCUT2D eigenvalue weighted by Gasteiger charge is -2.21. The summed E-state index contributed by atoms with van der Waals surface area (Å²) in [4.78, 5) is 16.3. The van der Waals surface area contributed by atoms with E-state index in [1.165, 1.54) is 11.1 Å². The number of hydrogen-bond acceptors (Lipinski definition) is 3. The maximum absolute atomic E-state index is 12.1. The van der Waals surface area contributed by atoms with Gasteiger partial charge in [0, 0.05) is 18.4 Å². The Hall–Kier alpha value is -2.62. The fourth-order valence-corrected chi connectivity index (χ4v) is 2.74. The van der Waals surface area contributed by atoms with Crippen LogP contribution in [0.3, 0.4) is 0 Å². The average molecular weight is 337 g/mol. The highest BCUT2D eigenvalue weighted by Crippen LogP contribution is 2.34. The number of benzene rings is 1. The van der Waals surface area contributed by atoms with Crippen LogP contribution in [0.4, 0.5) is 11.4 Å². The highest BCUT2D eigenvalue weighted by Gasteiger charge is 2.14. The lowest BCUT2D eigenvalue weighted by atomic mass is 9.92. The van der Waals surface area contributed by atoms with Gasteiger partial charge in [-0.15, -0.1) is 6.58 Å². The molecule has 132 valence electrons. The summed E-state index contributed by atoms with van der Waals surface area (Å²) >= 11 is 0. The third kappa shape index (κ3) is 4.69. The van der Waals surface area contributed by atoms with Crippen molar-refractivity contribution in [2.75, 3.05) is 11.9 Å². The predicted octanol–water partition coefficient (Wildman–Crippen LogP) is 4.99. The van der Waals surface area contributed by atoms with Crippen LogP contribution in [0.5, 0.6) is 0 Å². The quantitative estimate of drug-likeness (QED) is 0.700. The molecule has 2 rings (SSSR count). The van der Waals surface area contributed by atoms with Crippen LogP contribution >= 0.6 is 0 Å². The zero-order valence-corrected chi connectivity index (χ0v) is 15.5. The van der Waals surface area contributed by atoms with Crippen LogP contribution < -0.4 is 10.6 Å². The summed E-state index contributed by atoms with van der Waals surface area (Å²) in [6, 6.07) is 8.22. The number of pyridine rings is 1. The molecule has 25 heavy (non-hydrogen) atoms. The molecule has 0 fully saturated rings. The lowest BCUT2D eigenvalue weighted by Crippen LogP contribution is -2.23. The lowest BCUT2D eigenvalue weighted by molar-refractivity contribution is 0.0957. The molecule has 0 bridgehead atoms. The monoisotopic (exact) mass is 337 g/mol. The normalized spacial score (nSPS) is 10.8. The number of para-hydroxylation sites is 1. The van der Waals surface area contributed by atoms with Crippen molar-refractivity contribution >= 4 is 17.3 Å². The number of hydrogen-bond donors (Lipinski definition) is 2. The molecule has 1 heterocycles. The van der Waals surface area contributed by atoms with Crippen LogP contribution in [0.2, 0.25) is 0 Å². The van der Waals surface area contributed by atoms with Crippen molar-refractivity contribution in [3.63, 3.8) is 0 Å².